The maximum Gasteiger partial charge on any atom is 0.339 e. The molecule has 0 unspecified atom stereocenters. The summed E-state index contributed by atoms with van der Waals surface area (Å²) in [7, 11) is 0. The molecular weight excluding hydrogens is 606 g/mol. The molecule has 216 valence electrons. The molecule has 3 aliphatic heterocycles. The van der Waals surface area contributed by atoms with E-state index in [-0.39, 0.29) is 13.5 Å². The summed E-state index contributed by atoms with van der Waals surface area (Å²) in [6, 6.07) is 16.2. The molecule has 2 N–H and O–H groups in total. The number of benzene rings is 2. The average molecular weight is 636 g/mol. The minimum Gasteiger partial charge on any atom is -0.345 e. The van der Waals surface area contributed by atoms with E-state index in [0.717, 1.165) is 67.9 Å². The van der Waals surface area contributed by atoms with Crippen LogP contribution in [-0.4, -0.2) is 57.7 Å². The van der Waals surface area contributed by atoms with Crippen molar-refractivity contribution < 1.29 is 9.36 Å². The molecule has 0 spiro atoms. The van der Waals surface area contributed by atoms with E-state index in [9.17, 15) is 9.36 Å². The number of imidazole rings is 2. The normalized spacial score (nSPS) is 15.3. The van der Waals surface area contributed by atoms with Gasteiger partial charge in [-0.1, -0.05) is 31.7 Å². The number of hydrogen-bond acceptors (Lipinski definition) is 6. The van der Waals surface area contributed by atoms with Crippen LogP contribution in [0.5, 0.6) is 0 Å². The van der Waals surface area contributed by atoms with Crippen molar-refractivity contribution in [2.24, 2.45) is 4.99 Å². The number of carbonyl (C=O) groups excluding carboxylic acids is 1. The van der Waals surface area contributed by atoms with Gasteiger partial charge in [-0.2, -0.15) is 0 Å². The first-order valence-corrected chi connectivity index (χ1v) is 17.0. The highest BCUT2D eigenvalue weighted by Crippen LogP contribution is 2.61. The monoisotopic (exact) mass is 634 g/mol. The van der Waals surface area contributed by atoms with Crippen LogP contribution in [0.4, 0.5) is 16.2 Å². The molecule has 14 heteroatoms. The zero-order valence-electron chi connectivity index (χ0n) is 21.3. The van der Waals surface area contributed by atoms with Gasteiger partial charge in [0.1, 0.15) is 11.6 Å². The van der Waals surface area contributed by atoms with Gasteiger partial charge in [0.15, 0.2) is 0 Å². The zero-order chi connectivity index (χ0) is 28.1. The lowest BCUT2D eigenvalue weighted by atomic mass is 10.1. The van der Waals surface area contributed by atoms with Crippen molar-refractivity contribution in [3.63, 3.8) is 0 Å². The molecule has 1 fully saturated rings. The summed E-state index contributed by atoms with van der Waals surface area (Å²) in [6.07, 6.45) is 9.39. The fraction of sp³-hybridized carbons (Fsp3) is 0.259. The smallest absolute Gasteiger partial charge is 0.339 e. The van der Waals surface area contributed by atoms with Gasteiger partial charge in [-0.05, 0) is 70.8 Å². The van der Waals surface area contributed by atoms with Gasteiger partial charge in [-0.3, -0.25) is 19.0 Å². The van der Waals surface area contributed by atoms with Gasteiger partial charge in [0.25, 0.3) is 0 Å². The number of aliphatic imine (C=N–C) groups is 1. The zero-order valence-corrected chi connectivity index (χ0v) is 24.4. The molecule has 5 heterocycles. The topological polar surface area (TPSA) is 112 Å². The molecule has 41 heavy (non-hydrogen) atoms. The Morgan fingerprint density at radius 2 is 1.51 bits per heavy atom. The van der Waals surface area contributed by atoms with Crippen molar-refractivity contribution in [3.8, 4) is 22.8 Å². The minimum atomic E-state index is -3.22. The van der Waals surface area contributed by atoms with E-state index in [2.05, 4.69) is 92.7 Å². The van der Waals surface area contributed by atoms with E-state index in [1.807, 2.05) is 36.7 Å². The fourth-order valence-electron chi connectivity index (χ4n) is 4.77. The first kappa shape index (κ1) is 30.7. The number of nitrogens with zero attached hydrogens (tertiary/aromatic N) is 6. The Hall–Kier alpha value is -3.30. The van der Waals surface area contributed by atoms with Crippen LogP contribution < -0.4 is 15.1 Å². The van der Waals surface area contributed by atoms with Crippen molar-refractivity contribution in [1.29, 1.82) is 0 Å². The van der Waals surface area contributed by atoms with Crippen LogP contribution in [-0.2, 0) is 4.57 Å². The van der Waals surface area contributed by atoms with Crippen LogP contribution in [0.1, 0.15) is 20.3 Å². The number of amides is 2. The molecule has 0 saturated carbocycles. The number of aromatic nitrogens is 4. The molecule has 4 aromatic rings. The standard InChI is InChI=1S/C13H14N4O.C13H12N4.CH4.Cl3OP/c18-13-16-6-3-9-17(13)11-5-2-1-4-10(11)12-14-7-8-15-12;1-2-5-11-10(4-1)12-14-7-9-17(12)13-15-6-3-8-16(11)13;;1-5(2,3)4/h1-2,4-5,7-8H,3,6,9H2,(H,14,15)(H,16,18);1-2,4-5,7,9H,3,6,8H2;1H4;. The molecule has 2 amide bonds. The Bertz CT molecular complexity index is 1550. The van der Waals surface area contributed by atoms with Crippen LogP contribution in [0, 0.1) is 0 Å². The number of nitrogens with one attached hydrogen (secondary N) is 2. The highest BCUT2D eigenvalue weighted by molar-refractivity contribution is 8.24. The Balaban J connectivity index is 0.000000160. The number of urea groups is 1. The molecular formula is C27H30Cl3N8O2P. The first-order valence-electron chi connectivity index (χ1n) is 12.6. The van der Waals surface area contributed by atoms with E-state index in [4.69, 9.17) is 0 Å². The summed E-state index contributed by atoms with van der Waals surface area (Å²) in [4.78, 5) is 32.4. The number of para-hydroxylation sites is 2. The van der Waals surface area contributed by atoms with Crippen molar-refractivity contribution in [2.75, 3.05) is 36.0 Å². The van der Waals surface area contributed by atoms with Gasteiger partial charge >= 0.3 is 11.2 Å². The van der Waals surface area contributed by atoms with E-state index >= 15 is 0 Å². The minimum absolute atomic E-state index is 0. The second-order valence-electron chi connectivity index (χ2n) is 8.92. The Kier molecular flexibility index (Phi) is 10.1. The molecule has 2 aromatic carbocycles. The van der Waals surface area contributed by atoms with Gasteiger partial charge in [-0.15, -0.1) is 0 Å². The van der Waals surface area contributed by atoms with Crippen LogP contribution in [0.2, 0.25) is 0 Å². The molecule has 3 aliphatic rings. The highest BCUT2D eigenvalue weighted by Gasteiger charge is 2.29. The van der Waals surface area contributed by atoms with Gasteiger partial charge in [0.2, 0.25) is 5.96 Å². The second-order valence-corrected chi connectivity index (χ2v) is 15.6. The SMILES string of the molecule is C.O=C1NCCCN1c1ccccc1-c1ncc[nH]1.O=P(Cl)(Cl)Cl.c1ccc2c(c1)-c1nccn1C1=NCCCN12. The van der Waals surface area contributed by atoms with Crippen LogP contribution in [0.15, 0.2) is 78.3 Å². The first-order chi connectivity index (χ1) is 19.3. The predicted molar refractivity (Wildman–Crippen MR) is 169 cm³/mol. The van der Waals surface area contributed by atoms with Crippen LogP contribution >= 0.6 is 38.9 Å². The molecule has 2 aromatic heterocycles. The second kappa shape index (κ2) is 13.6. The summed E-state index contributed by atoms with van der Waals surface area (Å²) in [5, 5.41) is -0.363. The summed E-state index contributed by atoms with van der Waals surface area (Å²) in [6.45, 7) is 3.43. The average Bonchev–Trinajstić information content (AvgIpc) is 3.66. The lowest BCUT2D eigenvalue weighted by Crippen LogP contribution is -2.46. The maximum atomic E-state index is 11.9. The number of aromatic amines is 1. The van der Waals surface area contributed by atoms with Crippen LogP contribution in [0.25, 0.3) is 22.8 Å². The lowest BCUT2D eigenvalue weighted by Gasteiger charge is -2.35. The van der Waals surface area contributed by atoms with Crippen molar-refractivity contribution in [1.82, 2.24) is 24.8 Å². The number of carbonyl (C=O) groups is 1. The molecule has 1 saturated heterocycles. The number of fused-ring (bicyclic) bond motifs is 6. The van der Waals surface area contributed by atoms with E-state index < -0.39 is 5.20 Å². The number of halogens is 3. The summed E-state index contributed by atoms with van der Waals surface area (Å²) in [5.41, 5.74) is 4.26. The van der Waals surface area contributed by atoms with E-state index in [0.29, 0.717) is 0 Å². The number of anilines is 2. The van der Waals surface area contributed by atoms with Crippen molar-refractivity contribution >= 4 is 62.3 Å². The lowest BCUT2D eigenvalue weighted by molar-refractivity contribution is 0.243. The van der Waals surface area contributed by atoms with Gasteiger partial charge < -0.3 is 15.2 Å². The molecule has 0 bridgehead atoms. The third kappa shape index (κ3) is 7.32. The quantitative estimate of drug-likeness (QED) is 0.223. The Morgan fingerprint density at radius 3 is 2.20 bits per heavy atom. The summed E-state index contributed by atoms with van der Waals surface area (Å²) in [5.74, 6) is 2.80. The number of hydrogen-bond donors (Lipinski definition) is 2. The number of H-pyrrole nitrogens is 1. The molecule has 10 nitrogen and oxygen atoms in total. The van der Waals surface area contributed by atoms with E-state index in [1.165, 1.54) is 11.3 Å². The van der Waals surface area contributed by atoms with Gasteiger partial charge in [0, 0.05) is 62.1 Å². The van der Waals surface area contributed by atoms with Gasteiger partial charge in [0.05, 0.1) is 11.4 Å². The molecule has 0 atom stereocenters. The third-order valence-electron chi connectivity index (χ3n) is 6.35. The molecule has 7 rings (SSSR count). The van der Waals surface area contributed by atoms with Gasteiger partial charge in [-0.25, -0.2) is 14.8 Å². The maximum absolute atomic E-state index is 11.9. The molecule has 0 aliphatic carbocycles. The Labute approximate surface area is 253 Å². The van der Waals surface area contributed by atoms with E-state index in [1.54, 1.807) is 17.3 Å². The molecule has 0 radical (unpaired) electrons. The number of rotatable bonds is 2. The Morgan fingerprint density at radius 1 is 0.854 bits per heavy atom. The summed E-state index contributed by atoms with van der Waals surface area (Å²) >= 11 is 13.8. The highest BCUT2D eigenvalue weighted by atomic mass is 36.0. The van der Waals surface area contributed by atoms with Crippen LogP contribution in [0.3, 0.4) is 0 Å². The third-order valence-corrected chi connectivity index (χ3v) is 6.35. The summed E-state index contributed by atoms with van der Waals surface area (Å²) < 4.78 is 11.6. The predicted octanol–water partition coefficient (Wildman–Crippen LogP) is 7.42. The van der Waals surface area contributed by atoms with Crippen molar-refractivity contribution in [3.05, 3.63) is 73.3 Å². The van der Waals surface area contributed by atoms with Crippen molar-refractivity contribution in [2.45, 2.75) is 20.3 Å². The fourth-order valence-corrected chi connectivity index (χ4v) is 4.77. The largest absolute Gasteiger partial charge is 0.345 e.